The van der Waals surface area contributed by atoms with Gasteiger partial charge in [-0.05, 0) is 0 Å². The number of alkyl halides is 3. The molecular weight excluding hydrogens is 223 g/mol. The number of methoxy groups -OCH3 is 1. The summed E-state index contributed by atoms with van der Waals surface area (Å²) < 4.78 is 43.8. The van der Waals surface area contributed by atoms with E-state index in [-0.39, 0.29) is 10.9 Å². The number of halogens is 4. The molecule has 0 aliphatic carbocycles. The zero-order chi connectivity index (χ0) is 10.8. The molecule has 14 heavy (non-hydrogen) atoms. The Balaban J connectivity index is 3.02. The van der Waals surface area contributed by atoms with Gasteiger partial charge in [0, 0.05) is 12.3 Å². The normalized spacial score (nSPS) is 11.2. The summed E-state index contributed by atoms with van der Waals surface area (Å²) in [5.74, 6) is -0.758. The molecule has 0 saturated heterocycles. The topological polar surface area (TPSA) is 31.4 Å². The van der Waals surface area contributed by atoms with Gasteiger partial charge in [0.2, 0.25) is 0 Å². The lowest BCUT2D eigenvalue weighted by Gasteiger charge is -2.12. The van der Waals surface area contributed by atoms with Crippen molar-refractivity contribution in [3.05, 3.63) is 17.4 Å². The summed E-state index contributed by atoms with van der Waals surface area (Å²) >= 11 is 5.47. The number of pyridine rings is 1. The number of hydrogen-bond donors (Lipinski definition) is 0. The average Bonchev–Trinajstić information content (AvgIpc) is 2.01. The minimum absolute atomic E-state index is 0.186. The first-order chi connectivity index (χ1) is 6.44. The van der Waals surface area contributed by atoms with E-state index in [0.29, 0.717) is 0 Å². The van der Waals surface area contributed by atoms with Crippen LogP contribution in [0.5, 0.6) is 11.5 Å². The van der Waals surface area contributed by atoms with Crippen molar-refractivity contribution in [2.45, 2.75) is 6.36 Å². The third-order valence-electron chi connectivity index (χ3n) is 1.25. The zero-order valence-electron chi connectivity index (χ0n) is 6.93. The first-order valence-electron chi connectivity index (χ1n) is 3.38. The smallest absolute Gasteiger partial charge is 0.490 e. The molecule has 0 aromatic carbocycles. The molecule has 0 unspecified atom stereocenters. The number of aromatic nitrogens is 1. The summed E-state index contributed by atoms with van der Waals surface area (Å²) in [4.78, 5) is 3.53. The Labute approximate surface area is 82.4 Å². The van der Waals surface area contributed by atoms with Crippen LogP contribution in [0.2, 0.25) is 5.15 Å². The standard InChI is InChI=1S/C7H5ClF3NO2/c1-13-5-4(14-7(9,10)11)2-3-12-6(5)8/h2-3H,1H3. The lowest BCUT2D eigenvalue weighted by atomic mass is 10.4. The van der Waals surface area contributed by atoms with Crippen LogP contribution in [0.4, 0.5) is 13.2 Å². The second-order valence-corrected chi connectivity index (χ2v) is 2.54. The number of hydrogen-bond acceptors (Lipinski definition) is 3. The lowest BCUT2D eigenvalue weighted by Crippen LogP contribution is -2.17. The van der Waals surface area contributed by atoms with Crippen molar-refractivity contribution in [2.24, 2.45) is 0 Å². The van der Waals surface area contributed by atoms with Gasteiger partial charge in [-0.25, -0.2) is 4.98 Å². The Morgan fingerprint density at radius 2 is 2.07 bits per heavy atom. The van der Waals surface area contributed by atoms with Gasteiger partial charge >= 0.3 is 6.36 Å². The number of ether oxygens (including phenoxy) is 2. The van der Waals surface area contributed by atoms with E-state index in [0.717, 1.165) is 12.3 Å². The van der Waals surface area contributed by atoms with Gasteiger partial charge in [0.15, 0.2) is 16.7 Å². The van der Waals surface area contributed by atoms with E-state index in [1.807, 2.05) is 0 Å². The van der Waals surface area contributed by atoms with Crippen LogP contribution in [0.25, 0.3) is 0 Å². The summed E-state index contributed by atoms with van der Waals surface area (Å²) in [5, 5.41) is -0.186. The molecule has 1 aromatic heterocycles. The van der Waals surface area contributed by atoms with E-state index in [9.17, 15) is 13.2 Å². The minimum atomic E-state index is -4.78. The summed E-state index contributed by atoms with van der Waals surface area (Å²) in [6.07, 6.45) is -3.69. The van der Waals surface area contributed by atoms with Crippen LogP contribution in [-0.2, 0) is 0 Å². The van der Waals surface area contributed by atoms with Crippen molar-refractivity contribution in [2.75, 3.05) is 7.11 Å². The van der Waals surface area contributed by atoms with Crippen molar-refractivity contribution >= 4 is 11.6 Å². The van der Waals surface area contributed by atoms with Crippen LogP contribution >= 0.6 is 11.6 Å². The van der Waals surface area contributed by atoms with Crippen molar-refractivity contribution in [3.63, 3.8) is 0 Å². The third-order valence-corrected chi connectivity index (χ3v) is 1.52. The molecular formula is C7H5ClF3NO2. The third kappa shape index (κ3) is 2.66. The van der Waals surface area contributed by atoms with Gasteiger partial charge in [0.05, 0.1) is 7.11 Å². The van der Waals surface area contributed by atoms with Crippen LogP contribution in [0, 0.1) is 0 Å². The van der Waals surface area contributed by atoms with Crippen molar-refractivity contribution < 1.29 is 22.6 Å². The van der Waals surface area contributed by atoms with Gasteiger partial charge < -0.3 is 9.47 Å². The molecule has 0 amide bonds. The highest BCUT2D eigenvalue weighted by Gasteiger charge is 2.33. The number of rotatable bonds is 2. The van der Waals surface area contributed by atoms with E-state index >= 15 is 0 Å². The molecule has 0 radical (unpaired) electrons. The molecule has 1 heterocycles. The van der Waals surface area contributed by atoms with Gasteiger partial charge in [0.1, 0.15) is 0 Å². The largest absolute Gasteiger partial charge is 0.573 e. The lowest BCUT2D eigenvalue weighted by molar-refractivity contribution is -0.275. The fraction of sp³-hybridized carbons (Fsp3) is 0.286. The number of nitrogens with zero attached hydrogens (tertiary/aromatic N) is 1. The van der Waals surface area contributed by atoms with Gasteiger partial charge in [-0.1, -0.05) is 11.6 Å². The Bertz CT molecular complexity index is 329. The summed E-state index contributed by atoms with van der Waals surface area (Å²) in [7, 11) is 1.17. The van der Waals surface area contributed by atoms with Gasteiger partial charge in [-0.2, -0.15) is 0 Å². The molecule has 1 rings (SSSR count). The maximum atomic E-state index is 11.8. The van der Waals surface area contributed by atoms with Crippen molar-refractivity contribution in [1.82, 2.24) is 4.98 Å². The molecule has 0 fully saturated rings. The Kier molecular flexibility index (Phi) is 3.05. The molecule has 0 atom stereocenters. The predicted octanol–water partition coefficient (Wildman–Crippen LogP) is 2.64. The highest BCUT2D eigenvalue weighted by molar-refractivity contribution is 6.31. The predicted molar refractivity (Wildman–Crippen MR) is 42.5 cm³/mol. The fourth-order valence-electron chi connectivity index (χ4n) is 0.796. The highest BCUT2D eigenvalue weighted by Crippen LogP contribution is 2.35. The summed E-state index contributed by atoms with van der Waals surface area (Å²) in [5.41, 5.74) is 0. The minimum Gasteiger partial charge on any atom is -0.490 e. The second kappa shape index (κ2) is 3.91. The average molecular weight is 228 g/mol. The monoisotopic (exact) mass is 227 g/mol. The van der Waals surface area contributed by atoms with Crippen LogP contribution in [0.3, 0.4) is 0 Å². The molecule has 0 aliphatic heterocycles. The molecule has 7 heteroatoms. The van der Waals surface area contributed by atoms with Gasteiger partial charge in [-0.3, -0.25) is 0 Å². The second-order valence-electron chi connectivity index (χ2n) is 2.18. The maximum absolute atomic E-state index is 11.8. The van der Waals surface area contributed by atoms with E-state index in [4.69, 9.17) is 11.6 Å². The SMILES string of the molecule is COc1c(OC(F)(F)F)ccnc1Cl. The van der Waals surface area contributed by atoms with Crippen LogP contribution in [0.1, 0.15) is 0 Å². The Morgan fingerprint density at radius 3 is 2.57 bits per heavy atom. The Hall–Kier alpha value is -1.17. The maximum Gasteiger partial charge on any atom is 0.573 e. The van der Waals surface area contributed by atoms with Gasteiger partial charge in [-0.15, -0.1) is 13.2 Å². The Morgan fingerprint density at radius 1 is 1.43 bits per heavy atom. The fourth-order valence-corrected chi connectivity index (χ4v) is 1.02. The van der Waals surface area contributed by atoms with Gasteiger partial charge in [0.25, 0.3) is 0 Å². The zero-order valence-corrected chi connectivity index (χ0v) is 7.69. The molecule has 0 bridgehead atoms. The first-order valence-corrected chi connectivity index (χ1v) is 3.76. The molecule has 3 nitrogen and oxygen atoms in total. The van der Waals surface area contributed by atoms with E-state index in [1.165, 1.54) is 7.11 Å². The summed E-state index contributed by atoms with van der Waals surface area (Å²) in [6, 6.07) is 1.01. The quantitative estimate of drug-likeness (QED) is 0.728. The van der Waals surface area contributed by atoms with E-state index in [1.54, 1.807) is 0 Å². The molecule has 0 aliphatic rings. The van der Waals surface area contributed by atoms with Crippen LogP contribution in [0.15, 0.2) is 12.3 Å². The summed E-state index contributed by atoms with van der Waals surface area (Å²) in [6.45, 7) is 0. The molecule has 1 aromatic rings. The first kappa shape index (κ1) is 10.9. The molecule has 0 saturated carbocycles. The van der Waals surface area contributed by atoms with E-state index < -0.39 is 12.1 Å². The van der Waals surface area contributed by atoms with Crippen molar-refractivity contribution in [1.29, 1.82) is 0 Å². The van der Waals surface area contributed by atoms with E-state index in [2.05, 4.69) is 14.5 Å². The molecule has 0 spiro atoms. The molecule has 0 N–H and O–H groups in total. The molecule has 78 valence electrons. The van der Waals surface area contributed by atoms with Crippen LogP contribution in [-0.4, -0.2) is 18.5 Å². The van der Waals surface area contributed by atoms with Crippen LogP contribution < -0.4 is 9.47 Å². The van der Waals surface area contributed by atoms with Crippen molar-refractivity contribution in [3.8, 4) is 11.5 Å². The highest BCUT2D eigenvalue weighted by atomic mass is 35.5.